The quantitative estimate of drug-likeness (QED) is 0.731. The van der Waals surface area contributed by atoms with Crippen molar-refractivity contribution in [2.24, 2.45) is 0 Å². The van der Waals surface area contributed by atoms with Crippen LogP contribution in [-0.4, -0.2) is 16.1 Å². The molecule has 4 nitrogen and oxygen atoms in total. The van der Waals surface area contributed by atoms with E-state index in [-0.39, 0.29) is 11.3 Å². The first-order valence-corrected chi connectivity index (χ1v) is 5.26. The van der Waals surface area contributed by atoms with Crippen LogP contribution in [0.5, 0.6) is 11.5 Å². The van der Waals surface area contributed by atoms with E-state index in [4.69, 9.17) is 0 Å². The zero-order valence-corrected chi connectivity index (χ0v) is 9.52. The van der Waals surface area contributed by atoms with Gasteiger partial charge in [-0.05, 0) is 24.3 Å². The third-order valence-electron chi connectivity index (χ3n) is 2.44. The van der Waals surface area contributed by atoms with E-state index >= 15 is 0 Å². The molecule has 0 unspecified atom stereocenters. The van der Waals surface area contributed by atoms with Crippen LogP contribution in [0.2, 0.25) is 0 Å². The standard InChI is InChI=1S/C13H9F2NO3/c14-9-5-4-7(6-10(9)15)16-13(19)8-2-1-3-11(17)12(8)18/h1-6,17-18H,(H,16,19). The van der Waals surface area contributed by atoms with E-state index in [1.165, 1.54) is 24.3 Å². The van der Waals surface area contributed by atoms with Gasteiger partial charge in [-0.3, -0.25) is 4.79 Å². The molecule has 98 valence electrons. The van der Waals surface area contributed by atoms with Crippen molar-refractivity contribution in [3.63, 3.8) is 0 Å². The van der Waals surface area contributed by atoms with Gasteiger partial charge in [0.25, 0.3) is 5.91 Å². The zero-order chi connectivity index (χ0) is 14.0. The Morgan fingerprint density at radius 2 is 1.79 bits per heavy atom. The molecule has 0 aromatic heterocycles. The lowest BCUT2D eigenvalue weighted by Crippen LogP contribution is -2.12. The third kappa shape index (κ3) is 2.62. The number of phenols is 2. The van der Waals surface area contributed by atoms with Crippen LogP contribution in [0.4, 0.5) is 14.5 Å². The lowest BCUT2D eigenvalue weighted by Gasteiger charge is -2.08. The van der Waals surface area contributed by atoms with E-state index in [9.17, 15) is 23.8 Å². The van der Waals surface area contributed by atoms with E-state index in [2.05, 4.69) is 5.32 Å². The van der Waals surface area contributed by atoms with Crippen molar-refractivity contribution in [1.82, 2.24) is 0 Å². The Bertz CT molecular complexity index is 644. The second-order valence-corrected chi connectivity index (χ2v) is 3.76. The first-order valence-electron chi connectivity index (χ1n) is 5.26. The third-order valence-corrected chi connectivity index (χ3v) is 2.44. The van der Waals surface area contributed by atoms with Crippen molar-refractivity contribution in [1.29, 1.82) is 0 Å². The van der Waals surface area contributed by atoms with Gasteiger partial charge in [-0.2, -0.15) is 0 Å². The summed E-state index contributed by atoms with van der Waals surface area (Å²) in [7, 11) is 0. The van der Waals surface area contributed by atoms with Crippen LogP contribution in [-0.2, 0) is 0 Å². The molecule has 0 saturated heterocycles. The summed E-state index contributed by atoms with van der Waals surface area (Å²) in [5.41, 5.74) is -0.142. The maximum Gasteiger partial charge on any atom is 0.259 e. The van der Waals surface area contributed by atoms with Crippen molar-refractivity contribution < 1.29 is 23.8 Å². The predicted octanol–water partition coefficient (Wildman–Crippen LogP) is 2.63. The van der Waals surface area contributed by atoms with Crippen LogP contribution in [0.1, 0.15) is 10.4 Å². The van der Waals surface area contributed by atoms with E-state index < -0.39 is 29.0 Å². The van der Waals surface area contributed by atoms with Gasteiger partial charge in [0, 0.05) is 11.8 Å². The molecule has 0 aliphatic rings. The maximum atomic E-state index is 13.0. The Morgan fingerprint density at radius 3 is 2.47 bits per heavy atom. The highest BCUT2D eigenvalue weighted by Gasteiger charge is 2.14. The molecule has 19 heavy (non-hydrogen) atoms. The van der Waals surface area contributed by atoms with Crippen molar-refractivity contribution in [3.05, 3.63) is 53.6 Å². The van der Waals surface area contributed by atoms with Gasteiger partial charge >= 0.3 is 0 Å². The first-order chi connectivity index (χ1) is 8.99. The molecule has 0 fully saturated rings. The van der Waals surface area contributed by atoms with E-state index in [1.807, 2.05) is 0 Å². The van der Waals surface area contributed by atoms with Gasteiger partial charge in [0.15, 0.2) is 23.1 Å². The Hall–Kier alpha value is -2.63. The molecule has 2 aromatic carbocycles. The van der Waals surface area contributed by atoms with Gasteiger partial charge < -0.3 is 15.5 Å². The topological polar surface area (TPSA) is 69.6 Å². The molecule has 2 rings (SSSR count). The second kappa shape index (κ2) is 4.93. The number of carbonyl (C=O) groups is 1. The molecular formula is C13H9F2NO3. The van der Waals surface area contributed by atoms with Gasteiger partial charge in [-0.15, -0.1) is 0 Å². The Balaban J connectivity index is 2.26. The van der Waals surface area contributed by atoms with Gasteiger partial charge in [0.1, 0.15) is 0 Å². The number of nitrogens with one attached hydrogen (secondary N) is 1. The minimum Gasteiger partial charge on any atom is -0.504 e. The molecule has 6 heteroatoms. The van der Waals surface area contributed by atoms with E-state index in [0.717, 1.165) is 12.1 Å². The number of halogens is 2. The second-order valence-electron chi connectivity index (χ2n) is 3.76. The number of phenolic OH excluding ortho intramolecular Hbond substituents is 2. The average Bonchev–Trinajstić information content (AvgIpc) is 2.37. The number of benzene rings is 2. The van der Waals surface area contributed by atoms with Gasteiger partial charge in [0.2, 0.25) is 0 Å². The number of carbonyl (C=O) groups excluding carboxylic acids is 1. The largest absolute Gasteiger partial charge is 0.504 e. The highest BCUT2D eigenvalue weighted by molar-refractivity contribution is 6.06. The number of hydrogen-bond donors (Lipinski definition) is 3. The zero-order valence-electron chi connectivity index (χ0n) is 9.52. The van der Waals surface area contributed by atoms with Crippen molar-refractivity contribution in [2.45, 2.75) is 0 Å². The monoisotopic (exact) mass is 265 g/mol. The fourth-order valence-electron chi connectivity index (χ4n) is 1.49. The number of amides is 1. The molecule has 0 radical (unpaired) electrons. The number of anilines is 1. The number of hydrogen-bond acceptors (Lipinski definition) is 3. The fraction of sp³-hybridized carbons (Fsp3) is 0. The Kier molecular flexibility index (Phi) is 3.33. The summed E-state index contributed by atoms with van der Waals surface area (Å²) < 4.78 is 25.7. The first kappa shape index (κ1) is 12.8. The van der Waals surface area contributed by atoms with Crippen LogP contribution < -0.4 is 5.32 Å². The van der Waals surface area contributed by atoms with Crippen LogP contribution >= 0.6 is 0 Å². The highest BCUT2D eigenvalue weighted by Crippen LogP contribution is 2.28. The predicted molar refractivity (Wildman–Crippen MR) is 64.1 cm³/mol. The van der Waals surface area contributed by atoms with Crippen LogP contribution in [0.3, 0.4) is 0 Å². The summed E-state index contributed by atoms with van der Waals surface area (Å²) in [4.78, 5) is 11.8. The maximum absolute atomic E-state index is 13.0. The van der Waals surface area contributed by atoms with Crippen LogP contribution in [0.15, 0.2) is 36.4 Å². The molecule has 0 aliphatic heterocycles. The van der Waals surface area contributed by atoms with Crippen molar-refractivity contribution in [2.75, 3.05) is 5.32 Å². The fourth-order valence-corrected chi connectivity index (χ4v) is 1.49. The van der Waals surface area contributed by atoms with Crippen molar-refractivity contribution >= 4 is 11.6 Å². The number of rotatable bonds is 2. The molecule has 2 aromatic rings. The Labute approximate surface area is 106 Å². The smallest absolute Gasteiger partial charge is 0.259 e. The molecule has 1 amide bonds. The lowest BCUT2D eigenvalue weighted by atomic mass is 10.1. The van der Waals surface area contributed by atoms with Crippen molar-refractivity contribution in [3.8, 4) is 11.5 Å². The SMILES string of the molecule is O=C(Nc1ccc(F)c(F)c1)c1cccc(O)c1O. The molecule has 0 atom stereocenters. The van der Waals surface area contributed by atoms with Gasteiger partial charge in [-0.1, -0.05) is 6.07 Å². The summed E-state index contributed by atoms with van der Waals surface area (Å²) in [6.07, 6.45) is 0. The van der Waals surface area contributed by atoms with Crippen LogP contribution in [0, 0.1) is 11.6 Å². The molecular weight excluding hydrogens is 256 g/mol. The average molecular weight is 265 g/mol. The summed E-state index contributed by atoms with van der Waals surface area (Å²) in [6, 6.07) is 6.72. The van der Waals surface area contributed by atoms with Gasteiger partial charge in [-0.25, -0.2) is 8.78 Å². The molecule has 0 heterocycles. The lowest BCUT2D eigenvalue weighted by molar-refractivity contribution is 0.102. The highest BCUT2D eigenvalue weighted by atomic mass is 19.2. The molecule has 3 N–H and O–H groups in total. The minimum absolute atomic E-state index is 0.0339. The normalized spacial score (nSPS) is 10.2. The summed E-state index contributed by atoms with van der Waals surface area (Å²) in [5, 5.41) is 21.0. The number of para-hydroxylation sites is 1. The summed E-state index contributed by atoms with van der Waals surface area (Å²) >= 11 is 0. The molecule has 0 spiro atoms. The van der Waals surface area contributed by atoms with E-state index in [1.54, 1.807) is 0 Å². The molecule has 0 aliphatic carbocycles. The van der Waals surface area contributed by atoms with Crippen LogP contribution in [0.25, 0.3) is 0 Å². The van der Waals surface area contributed by atoms with Gasteiger partial charge in [0.05, 0.1) is 5.56 Å². The number of aromatic hydroxyl groups is 2. The molecule has 0 saturated carbocycles. The Morgan fingerprint density at radius 1 is 1.05 bits per heavy atom. The minimum atomic E-state index is -1.10. The molecule has 0 bridgehead atoms. The van der Waals surface area contributed by atoms with E-state index in [0.29, 0.717) is 0 Å². The summed E-state index contributed by atoms with van der Waals surface area (Å²) in [6.45, 7) is 0. The summed E-state index contributed by atoms with van der Waals surface area (Å²) in [5.74, 6) is -3.91.